The topological polar surface area (TPSA) is 18.5 Å². The molecule has 0 aromatic heterocycles. The lowest BCUT2D eigenvalue weighted by molar-refractivity contribution is -0.177. The first-order valence-electron chi connectivity index (χ1n) is 10.2. The van der Waals surface area contributed by atoms with Crippen molar-refractivity contribution in [3.8, 4) is 0 Å². The minimum Gasteiger partial charge on any atom is -0.352 e. The Morgan fingerprint density at radius 2 is 1.92 bits per heavy atom. The van der Waals surface area contributed by atoms with Crippen LogP contribution in [0.5, 0.6) is 0 Å². The molecule has 0 aromatic carbocycles. The number of ether oxygens (including phenoxy) is 2. The summed E-state index contributed by atoms with van der Waals surface area (Å²) in [6, 6.07) is 0. The summed E-state index contributed by atoms with van der Waals surface area (Å²) in [7, 11) is 0. The largest absolute Gasteiger partial charge is 0.352 e. The molecule has 0 aromatic rings. The maximum Gasteiger partial charge on any atom is 0.147 e. The Bertz CT molecular complexity index is 399. The van der Waals surface area contributed by atoms with Gasteiger partial charge in [-0.15, -0.1) is 0 Å². The van der Waals surface area contributed by atoms with E-state index in [-0.39, 0.29) is 11.5 Å². The minimum atomic E-state index is -1.07. The molecule has 0 radical (unpaired) electrons. The van der Waals surface area contributed by atoms with Gasteiger partial charge in [-0.3, -0.25) is 0 Å². The molecular weight excluding hydrogens is 303 g/mol. The Morgan fingerprint density at radius 1 is 1.21 bits per heavy atom. The van der Waals surface area contributed by atoms with Gasteiger partial charge in [0.25, 0.3) is 0 Å². The molecule has 0 heterocycles. The Kier molecular flexibility index (Phi) is 6.75. The molecule has 0 aliphatic heterocycles. The van der Waals surface area contributed by atoms with Gasteiger partial charge in [-0.1, -0.05) is 47.5 Å². The Labute approximate surface area is 148 Å². The summed E-state index contributed by atoms with van der Waals surface area (Å²) in [5.41, 5.74) is -1.44. The summed E-state index contributed by atoms with van der Waals surface area (Å²) in [4.78, 5) is 0. The van der Waals surface area contributed by atoms with Crippen LogP contribution in [-0.4, -0.2) is 24.2 Å². The standard InChI is InChI=1S/C21H39FO2/c1-7-17-12-20(6,13-21(17,22)8-2)24-14-23-19-11-16(5)9-10-18(19)15(3)4/h15-19H,7-14H2,1-6H3. The van der Waals surface area contributed by atoms with Crippen molar-refractivity contribution in [2.24, 2.45) is 23.7 Å². The SMILES string of the molecule is CCC1CC(C)(OCOC2CC(C)CCC2C(C)C)CC1(F)CC. The van der Waals surface area contributed by atoms with Crippen LogP contribution in [-0.2, 0) is 9.47 Å². The van der Waals surface area contributed by atoms with Gasteiger partial charge in [0.15, 0.2) is 0 Å². The zero-order valence-corrected chi connectivity index (χ0v) is 16.7. The molecule has 2 rings (SSSR count). The van der Waals surface area contributed by atoms with Crippen LogP contribution in [0.25, 0.3) is 0 Å². The average molecular weight is 343 g/mol. The Balaban J connectivity index is 1.88. The molecule has 6 atom stereocenters. The fourth-order valence-electron chi connectivity index (χ4n) is 5.15. The highest BCUT2D eigenvalue weighted by atomic mass is 19.1. The molecule has 0 saturated heterocycles. The van der Waals surface area contributed by atoms with Crippen LogP contribution in [0.4, 0.5) is 4.39 Å². The van der Waals surface area contributed by atoms with Gasteiger partial charge in [0, 0.05) is 6.42 Å². The van der Waals surface area contributed by atoms with E-state index in [0.717, 1.165) is 25.2 Å². The number of rotatable bonds is 7. The summed E-state index contributed by atoms with van der Waals surface area (Å²) < 4.78 is 27.4. The van der Waals surface area contributed by atoms with Crippen molar-refractivity contribution < 1.29 is 13.9 Å². The van der Waals surface area contributed by atoms with Crippen LogP contribution in [0.1, 0.15) is 86.5 Å². The highest BCUT2D eigenvalue weighted by molar-refractivity contribution is 5.02. The van der Waals surface area contributed by atoms with Crippen molar-refractivity contribution in [2.45, 2.75) is 104 Å². The lowest BCUT2D eigenvalue weighted by atomic mass is 9.75. The van der Waals surface area contributed by atoms with Gasteiger partial charge >= 0.3 is 0 Å². The fraction of sp³-hybridized carbons (Fsp3) is 1.00. The third kappa shape index (κ3) is 4.52. The molecule has 0 amide bonds. The van der Waals surface area contributed by atoms with E-state index in [0.29, 0.717) is 37.6 Å². The van der Waals surface area contributed by atoms with Gasteiger partial charge in [-0.2, -0.15) is 0 Å². The molecule has 2 nitrogen and oxygen atoms in total. The van der Waals surface area contributed by atoms with E-state index in [2.05, 4.69) is 34.6 Å². The average Bonchev–Trinajstić information content (AvgIpc) is 2.78. The van der Waals surface area contributed by atoms with E-state index < -0.39 is 5.67 Å². The molecule has 0 spiro atoms. The van der Waals surface area contributed by atoms with Crippen molar-refractivity contribution in [2.75, 3.05) is 6.79 Å². The molecule has 3 heteroatoms. The van der Waals surface area contributed by atoms with E-state index in [1.54, 1.807) is 0 Å². The van der Waals surface area contributed by atoms with Gasteiger partial charge in [0.05, 0.1) is 11.7 Å². The summed E-state index contributed by atoms with van der Waals surface area (Å²) >= 11 is 0. The smallest absolute Gasteiger partial charge is 0.147 e. The molecule has 2 saturated carbocycles. The second-order valence-electron chi connectivity index (χ2n) is 9.12. The van der Waals surface area contributed by atoms with E-state index >= 15 is 4.39 Å². The van der Waals surface area contributed by atoms with E-state index in [1.807, 2.05) is 6.92 Å². The van der Waals surface area contributed by atoms with E-state index in [4.69, 9.17) is 9.47 Å². The third-order valence-electron chi connectivity index (χ3n) is 6.81. The van der Waals surface area contributed by atoms with Crippen molar-refractivity contribution >= 4 is 0 Å². The summed E-state index contributed by atoms with van der Waals surface area (Å²) in [5, 5.41) is 0. The molecule has 6 unspecified atom stereocenters. The lowest BCUT2D eigenvalue weighted by Gasteiger charge is -2.37. The van der Waals surface area contributed by atoms with Gasteiger partial charge in [0.2, 0.25) is 0 Å². The predicted molar refractivity (Wildman–Crippen MR) is 97.7 cm³/mol. The van der Waals surface area contributed by atoms with Crippen molar-refractivity contribution in [3.63, 3.8) is 0 Å². The fourth-order valence-corrected chi connectivity index (χ4v) is 5.15. The van der Waals surface area contributed by atoms with Crippen LogP contribution in [0.15, 0.2) is 0 Å². The van der Waals surface area contributed by atoms with Crippen LogP contribution in [0.2, 0.25) is 0 Å². The van der Waals surface area contributed by atoms with Gasteiger partial charge < -0.3 is 9.47 Å². The van der Waals surface area contributed by atoms with E-state index in [1.165, 1.54) is 12.8 Å². The zero-order chi connectivity index (χ0) is 18.0. The minimum absolute atomic E-state index is 0.116. The molecule has 0 bridgehead atoms. The van der Waals surface area contributed by atoms with Gasteiger partial charge in [0.1, 0.15) is 12.5 Å². The number of hydrogen-bond donors (Lipinski definition) is 0. The maximum absolute atomic E-state index is 15.1. The first kappa shape index (κ1) is 20.2. The van der Waals surface area contributed by atoms with Crippen LogP contribution in [0.3, 0.4) is 0 Å². The molecule has 2 aliphatic carbocycles. The van der Waals surface area contributed by atoms with Crippen LogP contribution in [0, 0.1) is 23.7 Å². The second-order valence-corrected chi connectivity index (χ2v) is 9.12. The van der Waals surface area contributed by atoms with Gasteiger partial charge in [-0.25, -0.2) is 4.39 Å². The zero-order valence-electron chi connectivity index (χ0n) is 16.7. The molecule has 2 aliphatic rings. The first-order valence-corrected chi connectivity index (χ1v) is 10.2. The van der Waals surface area contributed by atoms with E-state index in [9.17, 15) is 0 Å². The molecule has 142 valence electrons. The third-order valence-corrected chi connectivity index (χ3v) is 6.81. The maximum atomic E-state index is 15.1. The summed E-state index contributed by atoms with van der Waals surface area (Å²) in [6.45, 7) is 13.3. The normalized spacial score (nSPS) is 43.5. The Morgan fingerprint density at radius 3 is 2.46 bits per heavy atom. The summed E-state index contributed by atoms with van der Waals surface area (Å²) in [6.07, 6.45) is 6.77. The molecule has 0 N–H and O–H groups in total. The van der Waals surface area contributed by atoms with Crippen molar-refractivity contribution in [1.29, 1.82) is 0 Å². The number of alkyl halides is 1. The van der Waals surface area contributed by atoms with Crippen molar-refractivity contribution in [1.82, 2.24) is 0 Å². The quantitative estimate of drug-likeness (QED) is 0.518. The number of halogens is 1. The second kappa shape index (κ2) is 8.03. The lowest BCUT2D eigenvalue weighted by Crippen LogP contribution is -2.36. The highest BCUT2D eigenvalue weighted by Gasteiger charge is 2.52. The molecular formula is C21H39FO2. The highest BCUT2D eigenvalue weighted by Crippen LogP contribution is 2.50. The molecule has 2 fully saturated rings. The van der Waals surface area contributed by atoms with Crippen LogP contribution >= 0.6 is 0 Å². The number of hydrogen-bond acceptors (Lipinski definition) is 2. The summed E-state index contributed by atoms with van der Waals surface area (Å²) in [5.74, 6) is 2.12. The first-order chi connectivity index (χ1) is 11.2. The van der Waals surface area contributed by atoms with Crippen molar-refractivity contribution in [3.05, 3.63) is 0 Å². The van der Waals surface area contributed by atoms with Gasteiger partial charge in [-0.05, 0) is 56.3 Å². The van der Waals surface area contributed by atoms with Crippen LogP contribution < -0.4 is 0 Å². The predicted octanol–water partition coefficient (Wildman–Crippen LogP) is 6.13. The Hall–Kier alpha value is -0.150. The monoisotopic (exact) mass is 342 g/mol. The molecule has 24 heavy (non-hydrogen) atoms.